The first-order valence-electron chi connectivity index (χ1n) is 7.57. The van der Waals surface area contributed by atoms with Gasteiger partial charge in [-0.15, -0.1) is 0 Å². The second kappa shape index (κ2) is 6.40. The molecule has 0 aromatic heterocycles. The van der Waals surface area contributed by atoms with Crippen molar-refractivity contribution in [1.82, 2.24) is 4.90 Å². The van der Waals surface area contributed by atoms with E-state index in [0.29, 0.717) is 0 Å². The monoisotopic (exact) mass is 260 g/mol. The molecule has 0 spiro atoms. The summed E-state index contributed by atoms with van der Waals surface area (Å²) in [4.78, 5) is 2.60. The lowest BCUT2D eigenvalue weighted by atomic mass is 10.1. The smallest absolute Gasteiger partial charge is 0.0725 e. The van der Waals surface area contributed by atoms with Gasteiger partial charge >= 0.3 is 0 Å². The summed E-state index contributed by atoms with van der Waals surface area (Å²) in [5.74, 6) is 0. The van der Waals surface area contributed by atoms with E-state index in [1.807, 2.05) is 0 Å². The summed E-state index contributed by atoms with van der Waals surface area (Å²) in [5, 5.41) is 3.53. The largest absolute Gasteiger partial charge is 0.385 e. The normalized spacial score (nSPS) is 19.4. The maximum atomic E-state index is 5.44. The third kappa shape index (κ3) is 3.48. The van der Waals surface area contributed by atoms with E-state index in [0.717, 1.165) is 19.8 Å². The van der Waals surface area contributed by atoms with Crippen molar-refractivity contribution in [3.05, 3.63) is 29.3 Å². The fourth-order valence-electron chi connectivity index (χ4n) is 3.00. The number of piperidine rings is 1. The zero-order valence-corrected chi connectivity index (χ0v) is 11.7. The van der Waals surface area contributed by atoms with Crippen molar-refractivity contribution < 1.29 is 4.74 Å². The molecule has 19 heavy (non-hydrogen) atoms. The van der Waals surface area contributed by atoms with Crippen LogP contribution in [0.4, 0.5) is 5.69 Å². The number of likely N-dealkylation sites (tertiary alicyclic amines) is 1. The van der Waals surface area contributed by atoms with Gasteiger partial charge in [0.05, 0.1) is 13.2 Å². The average molecular weight is 260 g/mol. The first kappa shape index (κ1) is 12.9. The Morgan fingerprint density at radius 2 is 1.89 bits per heavy atom. The Labute approximate surface area is 115 Å². The Hall–Kier alpha value is -1.06. The van der Waals surface area contributed by atoms with Gasteiger partial charge in [-0.2, -0.15) is 0 Å². The Kier molecular flexibility index (Phi) is 4.36. The highest BCUT2D eigenvalue weighted by Crippen LogP contribution is 2.23. The van der Waals surface area contributed by atoms with Crippen LogP contribution in [0.5, 0.6) is 0 Å². The molecule has 0 amide bonds. The molecule has 0 aliphatic carbocycles. The SMILES string of the molecule is c1cc2c(cc1NCCCN1CCCCC1)COC2. The Balaban J connectivity index is 1.40. The molecule has 0 bridgehead atoms. The summed E-state index contributed by atoms with van der Waals surface area (Å²) >= 11 is 0. The standard InChI is InChI=1S/C16H24N2O/c1-2-8-18(9-3-1)10-4-7-17-16-6-5-14-12-19-13-15(14)11-16/h5-6,11,17H,1-4,7-10,12-13H2. The van der Waals surface area contributed by atoms with Gasteiger partial charge in [-0.25, -0.2) is 0 Å². The Bertz CT molecular complexity index is 413. The molecule has 2 aliphatic rings. The maximum Gasteiger partial charge on any atom is 0.0725 e. The number of nitrogens with one attached hydrogen (secondary N) is 1. The number of hydrogen-bond donors (Lipinski definition) is 1. The van der Waals surface area contributed by atoms with Crippen molar-refractivity contribution >= 4 is 5.69 Å². The number of rotatable bonds is 5. The number of fused-ring (bicyclic) bond motifs is 1. The van der Waals surface area contributed by atoms with Crippen LogP contribution < -0.4 is 5.32 Å². The first-order valence-corrected chi connectivity index (χ1v) is 7.57. The van der Waals surface area contributed by atoms with Gasteiger partial charge in [-0.3, -0.25) is 0 Å². The van der Waals surface area contributed by atoms with E-state index in [1.54, 1.807) is 0 Å². The first-order chi connectivity index (χ1) is 9.42. The number of hydrogen-bond acceptors (Lipinski definition) is 3. The van der Waals surface area contributed by atoms with E-state index in [4.69, 9.17) is 4.74 Å². The summed E-state index contributed by atoms with van der Waals surface area (Å²) in [6, 6.07) is 6.60. The van der Waals surface area contributed by atoms with Crippen molar-refractivity contribution in [2.45, 2.75) is 38.9 Å². The van der Waals surface area contributed by atoms with Crippen LogP contribution in [0.2, 0.25) is 0 Å². The number of nitrogens with zero attached hydrogens (tertiary/aromatic N) is 1. The molecule has 1 N–H and O–H groups in total. The zero-order valence-electron chi connectivity index (χ0n) is 11.7. The summed E-state index contributed by atoms with van der Waals surface area (Å²) in [5.41, 5.74) is 3.93. The fourth-order valence-corrected chi connectivity index (χ4v) is 3.00. The highest BCUT2D eigenvalue weighted by atomic mass is 16.5. The number of ether oxygens (including phenoxy) is 1. The molecule has 2 aliphatic heterocycles. The molecule has 0 atom stereocenters. The van der Waals surface area contributed by atoms with Gasteiger partial charge in [0.25, 0.3) is 0 Å². The highest BCUT2D eigenvalue weighted by Gasteiger charge is 2.11. The fraction of sp³-hybridized carbons (Fsp3) is 0.625. The van der Waals surface area contributed by atoms with Crippen LogP contribution in [-0.2, 0) is 18.0 Å². The van der Waals surface area contributed by atoms with Gasteiger partial charge in [0.1, 0.15) is 0 Å². The Morgan fingerprint density at radius 3 is 2.79 bits per heavy atom. The van der Waals surface area contributed by atoms with E-state index in [9.17, 15) is 0 Å². The van der Waals surface area contributed by atoms with Crippen LogP contribution >= 0.6 is 0 Å². The van der Waals surface area contributed by atoms with Crippen LogP contribution in [-0.4, -0.2) is 31.1 Å². The van der Waals surface area contributed by atoms with Gasteiger partial charge in [-0.05, 0) is 62.2 Å². The van der Waals surface area contributed by atoms with Crippen LogP contribution in [0.25, 0.3) is 0 Å². The summed E-state index contributed by atoms with van der Waals surface area (Å²) in [6.45, 7) is 6.47. The summed E-state index contributed by atoms with van der Waals surface area (Å²) in [7, 11) is 0. The summed E-state index contributed by atoms with van der Waals surface area (Å²) < 4.78 is 5.44. The van der Waals surface area contributed by atoms with E-state index in [1.165, 1.54) is 62.1 Å². The topological polar surface area (TPSA) is 24.5 Å². The number of benzene rings is 1. The van der Waals surface area contributed by atoms with Gasteiger partial charge in [0.2, 0.25) is 0 Å². The molecule has 1 fully saturated rings. The molecule has 1 saturated heterocycles. The molecule has 3 heteroatoms. The summed E-state index contributed by atoms with van der Waals surface area (Å²) in [6.07, 6.45) is 5.43. The highest BCUT2D eigenvalue weighted by molar-refractivity contribution is 5.49. The molecule has 3 rings (SSSR count). The van der Waals surface area contributed by atoms with Gasteiger partial charge in [0, 0.05) is 12.2 Å². The predicted molar refractivity (Wildman–Crippen MR) is 78.3 cm³/mol. The second-order valence-corrected chi connectivity index (χ2v) is 5.66. The lowest BCUT2D eigenvalue weighted by Crippen LogP contribution is -2.31. The quantitative estimate of drug-likeness (QED) is 0.824. The van der Waals surface area contributed by atoms with Gasteiger partial charge < -0.3 is 15.0 Å². The molecule has 0 unspecified atom stereocenters. The molecule has 1 aromatic rings. The minimum atomic E-state index is 0.776. The molecule has 1 aromatic carbocycles. The van der Waals surface area contributed by atoms with E-state index in [-0.39, 0.29) is 0 Å². The lowest BCUT2D eigenvalue weighted by Gasteiger charge is -2.26. The van der Waals surface area contributed by atoms with Crippen molar-refractivity contribution in [2.24, 2.45) is 0 Å². The molecule has 104 valence electrons. The third-order valence-electron chi connectivity index (χ3n) is 4.15. The zero-order chi connectivity index (χ0) is 12.9. The van der Waals surface area contributed by atoms with Crippen LogP contribution in [0.3, 0.4) is 0 Å². The number of anilines is 1. The van der Waals surface area contributed by atoms with Crippen molar-refractivity contribution in [2.75, 3.05) is 31.5 Å². The van der Waals surface area contributed by atoms with Crippen molar-refractivity contribution in [3.8, 4) is 0 Å². The van der Waals surface area contributed by atoms with Gasteiger partial charge in [-0.1, -0.05) is 12.5 Å². The molecule has 2 heterocycles. The Morgan fingerprint density at radius 1 is 1.05 bits per heavy atom. The van der Waals surface area contributed by atoms with Gasteiger partial charge in [0.15, 0.2) is 0 Å². The third-order valence-corrected chi connectivity index (χ3v) is 4.15. The van der Waals surface area contributed by atoms with Crippen molar-refractivity contribution in [3.63, 3.8) is 0 Å². The molecule has 0 radical (unpaired) electrons. The maximum absolute atomic E-state index is 5.44. The molecular formula is C16H24N2O. The van der Waals surface area contributed by atoms with E-state index < -0.39 is 0 Å². The molecule has 3 nitrogen and oxygen atoms in total. The van der Waals surface area contributed by atoms with Crippen LogP contribution in [0, 0.1) is 0 Å². The predicted octanol–water partition coefficient (Wildman–Crippen LogP) is 3.00. The van der Waals surface area contributed by atoms with Crippen molar-refractivity contribution in [1.29, 1.82) is 0 Å². The van der Waals surface area contributed by atoms with Crippen LogP contribution in [0.1, 0.15) is 36.8 Å². The second-order valence-electron chi connectivity index (χ2n) is 5.66. The van der Waals surface area contributed by atoms with E-state index >= 15 is 0 Å². The van der Waals surface area contributed by atoms with E-state index in [2.05, 4.69) is 28.4 Å². The molecule has 0 saturated carbocycles. The lowest BCUT2D eigenvalue weighted by molar-refractivity contribution is 0.134. The average Bonchev–Trinajstić information content (AvgIpc) is 2.92. The minimum Gasteiger partial charge on any atom is -0.385 e. The molecular weight excluding hydrogens is 236 g/mol. The van der Waals surface area contributed by atoms with Crippen LogP contribution in [0.15, 0.2) is 18.2 Å². The minimum absolute atomic E-state index is 0.776.